The van der Waals surface area contributed by atoms with Gasteiger partial charge in [-0.1, -0.05) is 17.7 Å². The zero-order valence-electron chi connectivity index (χ0n) is 8.87. The Bertz CT molecular complexity index is 463. The minimum Gasteiger partial charge on any atom is -0.300 e. The molecule has 0 atom stereocenters. The number of carbonyl (C=O) groups excluding carboxylic acids is 2. The van der Waals surface area contributed by atoms with Crippen LogP contribution in [-0.2, 0) is 16.1 Å². The van der Waals surface area contributed by atoms with Gasteiger partial charge in [-0.15, -0.1) is 0 Å². The quantitative estimate of drug-likeness (QED) is 0.801. The zero-order valence-corrected chi connectivity index (χ0v) is 9.63. The molecule has 17 heavy (non-hydrogen) atoms. The molecular formula is C11H10ClFN2O2. The van der Waals surface area contributed by atoms with Crippen LogP contribution >= 0.6 is 11.6 Å². The summed E-state index contributed by atoms with van der Waals surface area (Å²) in [5, 5.41) is 2.95. The molecule has 2 amide bonds. The van der Waals surface area contributed by atoms with Crippen LogP contribution in [0.4, 0.5) is 4.39 Å². The molecule has 0 aliphatic carbocycles. The topological polar surface area (TPSA) is 49.4 Å². The van der Waals surface area contributed by atoms with E-state index in [0.29, 0.717) is 0 Å². The van der Waals surface area contributed by atoms with E-state index < -0.39 is 5.82 Å². The van der Waals surface area contributed by atoms with Crippen molar-refractivity contribution in [2.75, 3.05) is 13.1 Å². The Labute approximate surface area is 102 Å². The number of imide groups is 1. The Balaban J connectivity index is 2.19. The number of hydrogen-bond acceptors (Lipinski definition) is 3. The molecule has 1 fully saturated rings. The van der Waals surface area contributed by atoms with Crippen molar-refractivity contribution in [1.29, 1.82) is 0 Å². The molecule has 6 heteroatoms. The number of nitrogens with zero attached hydrogens (tertiary/aromatic N) is 1. The standard InChI is InChI=1S/C11H10ClFN2O2/c12-8-2-1-7(9(13)3-8)6-15-10(16)4-14-5-11(15)17/h1-3,14H,4-6H2. The third-order valence-electron chi connectivity index (χ3n) is 2.50. The van der Waals surface area contributed by atoms with Crippen molar-refractivity contribution in [3.63, 3.8) is 0 Å². The Hall–Kier alpha value is -1.46. The average molecular weight is 257 g/mol. The highest BCUT2D eigenvalue weighted by molar-refractivity contribution is 6.30. The van der Waals surface area contributed by atoms with E-state index >= 15 is 0 Å². The molecule has 0 spiro atoms. The van der Waals surface area contributed by atoms with Crippen molar-refractivity contribution < 1.29 is 14.0 Å². The second kappa shape index (κ2) is 4.81. The lowest BCUT2D eigenvalue weighted by molar-refractivity contribution is -0.147. The fourth-order valence-electron chi connectivity index (χ4n) is 1.60. The molecule has 0 saturated carbocycles. The van der Waals surface area contributed by atoms with Gasteiger partial charge in [0.25, 0.3) is 0 Å². The first-order chi connectivity index (χ1) is 8.08. The van der Waals surface area contributed by atoms with E-state index in [1.165, 1.54) is 12.1 Å². The van der Waals surface area contributed by atoms with Gasteiger partial charge in [0.1, 0.15) is 5.82 Å². The highest BCUT2D eigenvalue weighted by atomic mass is 35.5. The Morgan fingerprint density at radius 1 is 1.29 bits per heavy atom. The maximum atomic E-state index is 13.5. The summed E-state index contributed by atoms with van der Waals surface area (Å²) in [5.74, 6) is -1.22. The molecule has 1 aromatic rings. The molecule has 0 radical (unpaired) electrons. The van der Waals surface area contributed by atoms with Crippen LogP contribution < -0.4 is 5.32 Å². The van der Waals surface area contributed by atoms with Crippen molar-refractivity contribution in [2.24, 2.45) is 0 Å². The van der Waals surface area contributed by atoms with Gasteiger partial charge in [0.2, 0.25) is 11.8 Å². The molecule has 0 aromatic heterocycles. The van der Waals surface area contributed by atoms with E-state index in [1.54, 1.807) is 0 Å². The predicted molar refractivity (Wildman–Crippen MR) is 59.8 cm³/mol. The zero-order chi connectivity index (χ0) is 12.4. The van der Waals surface area contributed by atoms with Crippen LogP contribution in [0.1, 0.15) is 5.56 Å². The Kier molecular flexibility index (Phi) is 3.40. The third kappa shape index (κ3) is 2.62. The summed E-state index contributed by atoms with van der Waals surface area (Å²) in [4.78, 5) is 24.0. The van der Waals surface area contributed by atoms with Crippen LogP contribution in [0, 0.1) is 5.82 Å². The molecule has 1 N–H and O–H groups in total. The number of piperazine rings is 1. The molecule has 0 bridgehead atoms. The number of hydrogen-bond donors (Lipinski definition) is 1. The van der Waals surface area contributed by atoms with E-state index in [-0.39, 0.29) is 42.0 Å². The van der Waals surface area contributed by atoms with Crippen LogP contribution in [-0.4, -0.2) is 29.8 Å². The highest BCUT2D eigenvalue weighted by Crippen LogP contribution is 2.16. The van der Waals surface area contributed by atoms with Gasteiger partial charge in [0, 0.05) is 10.6 Å². The first kappa shape index (κ1) is 12.0. The maximum Gasteiger partial charge on any atom is 0.243 e. The van der Waals surface area contributed by atoms with Crippen LogP contribution in [0.2, 0.25) is 5.02 Å². The summed E-state index contributed by atoms with van der Waals surface area (Å²) in [6, 6.07) is 4.16. The first-order valence-electron chi connectivity index (χ1n) is 5.06. The van der Waals surface area contributed by atoms with E-state index in [9.17, 15) is 14.0 Å². The van der Waals surface area contributed by atoms with Crippen LogP contribution in [0.3, 0.4) is 0 Å². The average Bonchev–Trinajstić information content (AvgIpc) is 2.26. The lowest BCUT2D eigenvalue weighted by Gasteiger charge is -2.25. The van der Waals surface area contributed by atoms with Gasteiger partial charge in [-0.25, -0.2) is 4.39 Å². The number of benzene rings is 1. The van der Waals surface area contributed by atoms with Gasteiger partial charge in [-0.05, 0) is 12.1 Å². The number of rotatable bonds is 2. The summed E-state index contributed by atoms with van der Waals surface area (Å²) in [6.45, 7) is 0.143. The third-order valence-corrected chi connectivity index (χ3v) is 2.73. The smallest absolute Gasteiger partial charge is 0.243 e. The molecule has 4 nitrogen and oxygen atoms in total. The number of amides is 2. The van der Waals surface area contributed by atoms with Gasteiger partial charge >= 0.3 is 0 Å². The highest BCUT2D eigenvalue weighted by Gasteiger charge is 2.26. The van der Waals surface area contributed by atoms with Gasteiger partial charge in [0.05, 0.1) is 19.6 Å². The summed E-state index contributed by atoms with van der Waals surface area (Å²) in [6.07, 6.45) is 0. The summed E-state index contributed by atoms with van der Waals surface area (Å²) >= 11 is 5.62. The predicted octanol–water partition coefficient (Wildman–Crippen LogP) is 0.938. The molecule has 1 saturated heterocycles. The van der Waals surface area contributed by atoms with Gasteiger partial charge in [-0.2, -0.15) is 0 Å². The van der Waals surface area contributed by atoms with Crippen molar-refractivity contribution in [1.82, 2.24) is 10.2 Å². The molecule has 1 aromatic carbocycles. The van der Waals surface area contributed by atoms with Crippen molar-refractivity contribution in [3.05, 3.63) is 34.6 Å². The number of halogens is 2. The molecule has 1 aliphatic rings. The SMILES string of the molecule is O=C1CNCC(=O)N1Cc1ccc(Cl)cc1F. The van der Waals surface area contributed by atoms with E-state index in [4.69, 9.17) is 11.6 Å². The maximum absolute atomic E-state index is 13.5. The van der Waals surface area contributed by atoms with Crippen LogP contribution in [0.25, 0.3) is 0 Å². The van der Waals surface area contributed by atoms with Crippen molar-refractivity contribution in [3.8, 4) is 0 Å². The number of carbonyl (C=O) groups is 2. The molecule has 2 rings (SSSR count). The molecule has 1 heterocycles. The number of nitrogens with one attached hydrogen (secondary N) is 1. The van der Waals surface area contributed by atoms with Crippen LogP contribution in [0.15, 0.2) is 18.2 Å². The second-order valence-corrected chi connectivity index (χ2v) is 4.15. The minimum absolute atomic E-state index is 0.0532. The van der Waals surface area contributed by atoms with Gasteiger partial charge < -0.3 is 0 Å². The normalized spacial score (nSPS) is 16.5. The summed E-state index contributed by atoms with van der Waals surface area (Å²) in [7, 11) is 0. The second-order valence-electron chi connectivity index (χ2n) is 3.71. The molecule has 1 aliphatic heterocycles. The van der Waals surface area contributed by atoms with E-state index in [0.717, 1.165) is 11.0 Å². The Morgan fingerprint density at radius 3 is 2.53 bits per heavy atom. The lowest BCUT2D eigenvalue weighted by atomic mass is 10.2. The molecule has 90 valence electrons. The summed E-state index contributed by atoms with van der Waals surface area (Å²) in [5.41, 5.74) is 0.276. The van der Waals surface area contributed by atoms with Crippen molar-refractivity contribution in [2.45, 2.75) is 6.54 Å². The minimum atomic E-state index is -0.517. The Morgan fingerprint density at radius 2 is 1.94 bits per heavy atom. The largest absolute Gasteiger partial charge is 0.300 e. The lowest BCUT2D eigenvalue weighted by Crippen LogP contribution is -2.51. The van der Waals surface area contributed by atoms with Crippen molar-refractivity contribution >= 4 is 23.4 Å². The van der Waals surface area contributed by atoms with Gasteiger partial charge in [-0.3, -0.25) is 19.8 Å². The molecular weight excluding hydrogens is 247 g/mol. The monoisotopic (exact) mass is 256 g/mol. The van der Waals surface area contributed by atoms with Gasteiger partial charge in [0.15, 0.2) is 0 Å². The van der Waals surface area contributed by atoms with Crippen LogP contribution in [0.5, 0.6) is 0 Å². The first-order valence-corrected chi connectivity index (χ1v) is 5.43. The van der Waals surface area contributed by atoms with E-state index in [1.807, 2.05) is 0 Å². The fourth-order valence-corrected chi connectivity index (χ4v) is 1.76. The molecule has 0 unspecified atom stereocenters. The van der Waals surface area contributed by atoms with E-state index in [2.05, 4.69) is 5.32 Å². The summed E-state index contributed by atoms with van der Waals surface area (Å²) < 4.78 is 13.5. The fraction of sp³-hybridized carbons (Fsp3) is 0.273.